The van der Waals surface area contributed by atoms with E-state index in [2.05, 4.69) is 226 Å². The molecule has 0 aliphatic heterocycles. The summed E-state index contributed by atoms with van der Waals surface area (Å²) in [5.41, 5.74) is 19.6. The average Bonchev–Trinajstić information content (AvgIpc) is 3.77. The van der Waals surface area contributed by atoms with Crippen LogP contribution in [0.1, 0.15) is 47.2 Å². The van der Waals surface area contributed by atoms with E-state index >= 15 is 0 Å². The molecular weight excluding hydrogens is 749 g/mol. The number of hydrogen-bond acceptors (Lipinski definition) is 2. The molecule has 0 N–H and O–H groups in total. The molecule has 0 amide bonds. The molecule has 2 heteroatoms. The highest BCUT2D eigenvalue weighted by molar-refractivity contribution is 5.99. The molecule has 0 unspecified atom stereocenters. The molecule has 2 nitrogen and oxygen atoms in total. The minimum absolute atomic E-state index is 0.101. The van der Waals surface area contributed by atoms with Gasteiger partial charge >= 0.3 is 0 Å². The van der Waals surface area contributed by atoms with Gasteiger partial charge in [-0.3, -0.25) is 0 Å². The van der Waals surface area contributed by atoms with Crippen LogP contribution in [0, 0.1) is 0 Å². The van der Waals surface area contributed by atoms with Gasteiger partial charge in [0.2, 0.25) is 0 Å². The lowest BCUT2D eigenvalue weighted by atomic mass is 9.67. The van der Waals surface area contributed by atoms with Crippen molar-refractivity contribution >= 4 is 10.8 Å². The van der Waals surface area contributed by atoms with Gasteiger partial charge in [-0.1, -0.05) is 214 Å². The van der Waals surface area contributed by atoms with Crippen LogP contribution in [-0.4, -0.2) is 9.97 Å². The lowest BCUT2D eigenvalue weighted by Crippen LogP contribution is -2.28. The van der Waals surface area contributed by atoms with Crippen LogP contribution in [0.15, 0.2) is 218 Å². The first-order valence-corrected chi connectivity index (χ1v) is 21.6. The molecule has 0 saturated carbocycles. The maximum Gasteiger partial charge on any atom is 0.160 e. The maximum absolute atomic E-state index is 5.39. The van der Waals surface area contributed by atoms with Crippen LogP contribution in [-0.2, 0) is 10.8 Å². The van der Waals surface area contributed by atoms with Gasteiger partial charge in [0.1, 0.15) is 0 Å². The highest BCUT2D eigenvalue weighted by Gasteiger charge is 2.47. The molecule has 2 aliphatic rings. The van der Waals surface area contributed by atoms with Crippen molar-refractivity contribution in [2.24, 2.45) is 0 Å². The van der Waals surface area contributed by atoms with Gasteiger partial charge in [-0.25, -0.2) is 9.97 Å². The third-order valence-corrected chi connectivity index (χ3v) is 13.6. The van der Waals surface area contributed by atoms with Gasteiger partial charge in [-0.2, -0.15) is 0 Å². The molecule has 0 spiro atoms. The fourth-order valence-corrected chi connectivity index (χ4v) is 10.7. The van der Waals surface area contributed by atoms with Crippen molar-refractivity contribution in [3.8, 4) is 67.3 Å². The lowest BCUT2D eigenvalue weighted by molar-refractivity contribution is 0.661. The SMILES string of the molecule is CC1(C)c2cc3ccccc3cc2-c2c(-c3ccc(-c4cc(-c5cccc6c5-c5ccccc5C6(c5ccccc5)c5ccccc5)nc(-c5ccccc5)n4)cc3)cccc21. The molecule has 9 aromatic carbocycles. The van der Waals surface area contributed by atoms with Gasteiger partial charge in [0.15, 0.2) is 5.82 Å². The Balaban J connectivity index is 1.03. The van der Waals surface area contributed by atoms with E-state index in [9.17, 15) is 0 Å². The van der Waals surface area contributed by atoms with Gasteiger partial charge in [-0.15, -0.1) is 0 Å². The second-order valence-corrected chi connectivity index (χ2v) is 17.3. The minimum Gasteiger partial charge on any atom is -0.228 e. The largest absolute Gasteiger partial charge is 0.228 e. The molecule has 62 heavy (non-hydrogen) atoms. The van der Waals surface area contributed by atoms with Crippen molar-refractivity contribution in [1.29, 1.82) is 0 Å². The lowest BCUT2D eigenvalue weighted by Gasteiger charge is -2.33. The number of hydrogen-bond donors (Lipinski definition) is 0. The van der Waals surface area contributed by atoms with Crippen molar-refractivity contribution in [2.45, 2.75) is 24.7 Å². The van der Waals surface area contributed by atoms with Crippen LogP contribution in [0.4, 0.5) is 0 Å². The summed E-state index contributed by atoms with van der Waals surface area (Å²) in [4.78, 5) is 10.7. The second kappa shape index (κ2) is 13.9. The Morgan fingerprint density at radius 1 is 0.323 bits per heavy atom. The first kappa shape index (κ1) is 36.2. The average molecular weight is 791 g/mol. The quantitative estimate of drug-likeness (QED) is 0.168. The summed E-state index contributed by atoms with van der Waals surface area (Å²) in [7, 11) is 0. The number of fused-ring (bicyclic) bond motifs is 7. The van der Waals surface area contributed by atoms with E-state index in [1.807, 2.05) is 6.07 Å². The van der Waals surface area contributed by atoms with Crippen LogP contribution in [0.25, 0.3) is 78.1 Å². The Kier molecular flexibility index (Phi) is 8.14. The predicted molar refractivity (Wildman–Crippen MR) is 256 cm³/mol. The van der Waals surface area contributed by atoms with E-state index in [0.29, 0.717) is 5.82 Å². The summed E-state index contributed by atoms with van der Waals surface area (Å²) in [5, 5.41) is 2.56. The first-order valence-electron chi connectivity index (χ1n) is 21.6. The van der Waals surface area contributed by atoms with E-state index in [0.717, 1.165) is 28.1 Å². The smallest absolute Gasteiger partial charge is 0.160 e. The monoisotopic (exact) mass is 790 g/mol. The number of nitrogens with zero attached hydrogens (tertiary/aromatic N) is 2. The molecule has 1 aromatic heterocycles. The van der Waals surface area contributed by atoms with E-state index in [1.165, 1.54) is 77.5 Å². The molecule has 0 radical (unpaired) electrons. The summed E-state index contributed by atoms with van der Waals surface area (Å²) in [6.45, 7) is 4.72. The molecule has 1 heterocycles. The van der Waals surface area contributed by atoms with Crippen molar-refractivity contribution < 1.29 is 0 Å². The van der Waals surface area contributed by atoms with Gasteiger partial charge in [0.25, 0.3) is 0 Å². The maximum atomic E-state index is 5.39. The Morgan fingerprint density at radius 3 is 1.55 bits per heavy atom. The van der Waals surface area contributed by atoms with E-state index in [1.54, 1.807) is 0 Å². The highest BCUT2D eigenvalue weighted by Crippen LogP contribution is 2.58. The summed E-state index contributed by atoms with van der Waals surface area (Å²) in [6.07, 6.45) is 0. The summed E-state index contributed by atoms with van der Waals surface area (Å²) in [6, 6.07) is 79.5. The van der Waals surface area contributed by atoms with Gasteiger partial charge in [0, 0.05) is 22.1 Å². The number of rotatable bonds is 6. The third-order valence-electron chi connectivity index (χ3n) is 13.6. The zero-order chi connectivity index (χ0) is 41.4. The fraction of sp³-hybridized carbons (Fsp3) is 0.0667. The van der Waals surface area contributed by atoms with Crippen molar-refractivity contribution in [3.63, 3.8) is 0 Å². The van der Waals surface area contributed by atoms with Gasteiger partial charge < -0.3 is 0 Å². The normalized spacial score (nSPS) is 13.9. The number of aromatic nitrogens is 2. The van der Waals surface area contributed by atoms with Gasteiger partial charge in [-0.05, 0) is 95.7 Å². The van der Waals surface area contributed by atoms with E-state index in [4.69, 9.17) is 9.97 Å². The van der Waals surface area contributed by atoms with Crippen molar-refractivity contribution in [2.75, 3.05) is 0 Å². The Labute approximate surface area is 362 Å². The molecule has 12 rings (SSSR count). The molecule has 0 fully saturated rings. The minimum atomic E-state index is -0.501. The first-order chi connectivity index (χ1) is 30.5. The molecule has 2 aliphatic carbocycles. The molecule has 0 atom stereocenters. The fourth-order valence-electron chi connectivity index (χ4n) is 10.7. The topological polar surface area (TPSA) is 25.8 Å². The Morgan fingerprint density at radius 2 is 0.839 bits per heavy atom. The molecule has 10 aromatic rings. The molecule has 0 bridgehead atoms. The highest BCUT2D eigenvalue weighted by atomic mass is 14.9. The summed E-state index contributed by atoms with van der Waals surface area (Å²) >= 11 is 0. The van der Waals surface area contributed by atoms with Crippen molar-refractivity contribution in [3.05, 3.63) is 252 Å². The summed E-state index contributed by atoms with van der Waals surface area (Å²) in [5.74, 6) is 0.704. The molecule has 0 saturated heterocycles. The zero-order valence-electron chi connectivity index (χ0n) is 34.7. The standard InChI is InChI=1S/C60H42N2/c1-59(2)51-30-16-27-46(56(51)49-36-42-20-12-13-21-43(42)37-53(49)59)39-32-34-40(35-33-39)54-38-55(62-58(61-54)41-18-6-3-7-19-41)48-28-17-31-52-57(48)47-26-14-15-29-50(47)60(52,44-22-8-4-9-23-44)45-24-10-5-11-25-45/h3-38H,1-2H3. The van der Waals surface area contributed by atoms with Crippen LogP contribution in [0.2, 0.25) is 0 Å². The number of benzene rings is 9. The van der Waals surface area contributed by atoms with Crippen LogP contribution < -0.4 is 0 Å². The Hall–Kier alpha value is -7.68. The molecule has 292 valence electrons. The molecular formula is C60H42N2. The van der Waals surface area contributed by atoms with E-state index < -0.39 is 5.41 Å². The zero-order valence-corrected chi connectivity index (χ0v) is 34.7. The van der Waals surface area contributed by atoms with Crippen molar-refractivity contribution in [1.82, 2.24) is 9.97 Å². The third kappa shape index (κ3) is 5.36. The van der Waals surface area contributed by atoms with Crippen LogP contribution >= 0.6 is 0 Å². The second-order valence-electron chi connectivity index (χ2n) is 17.3. The van der Waals surface area contributed by atoms with E-state index in [-0.39, 0.29) is 5.41 Å². The van der Waals surface area contributed by atoms with Crippen LogP contribution in [0.3, 0.4) is 0 Å². The van der Waals surface area contributed by atoms with Crippen LogP contribution in [0.5, 0.6) is 0 Å². The Bertz CT molecular complexity index is 3310. The summed E-state index contributed by atoms with van der Waals surface area (Å²) < 4.78 is 0. The van der Waals surface area contributed by atoms with Gasteiger partial charge in [0.05, 0.1) is 16.8 Å². The predicted octanol–water partition coefficient (Wildman–Crippen LogP) is 15.0.